The van der Waals surface area contributed by atoms with Crippen LogP contribution in [0.1, 0.15) is 30.9 Å². The van der Waals surface area contributed by atoms with Gasteiger partial charge in [-0.2, -0.15) is 5.10 Å². The normalized spacial score (nSPS) is 20.2. The molecule has 0 saturated carbocycles. The number of likely N-dealkylation sites (tertiary alicyclic amines) is 1. The highest BCUT2D eigenvalue weighted by molar-refractivity contribution is 5.83. The van der Waals surface area contributed by atoms with Crippen LogP contribution in [0.15, 0.2) is 12.4 Å². The topological polar surface area (TPSA) is 73.7 Å². The van der Waals surface area contributed by atoms with Crippen molar-refractivity contribution in [1.82, 2.24) is 29.8 Å². The molecular formula is C18H30N6O2. The molecule has 1 aromatic heterocycles. The van der Waals surface area contributed by atoms with E-state index in [1.807, 2.05) is 23.0 Å². The fourth-order valence-electron chi connectivity index (χ4n) is 3.81. The molecule has 2 amide bonds. The van der Waals surface area contributed by atoms with Gasteiger partial charge in [0.1, 0.15) is 6.04 Å². The number of rotatable bonds is 5. The van der Waals surface area contributed by atoms with Crippen molar-refractivity contribution < 1.29 is 9.59 Å². The smallest absolute Gasteiger partial charge is 0.244 e. The largest absolute Gasteiger partial charge is 0.342 e. The van der Waals surface area contributed by atoms with Gasteiger partial charge in [0.2, 0.25) is 11.8 Å². The molecule has 2 saturated heterocycles. The fourth-order valence-corrected chi connectivity index (χ4v) is 3.81. The zero-order valence-electron chi connectivity index (χ0n) is 15.9. The predicted octanol–water partition coefficient (Wildman–Crippen LogP) is -0.163. The van der Waals surface area contributed by atoms with E-state index in [0.29, 0.717) is 13.1 Å². The minimum absolute atomic E-state index is 0.0771. The zero-order chi connectivity index (χ0) is 18.5. The van der Waals surface area contributed by atoms with Crippen molar-refractivity contribution in [2.45, 2.75) is 25.3 Å². The number of carbonyl (C=O) groups excluding carboxylic acids is 2. The number of nitrogens with zero attached hydrogens (tertiary/aromatic N) is 5. The lowest BCUT2D eigenvalue weighted by Gasteiger charge is -2.26. The van der Waals surface area contributed by atoms with Crippen molar-refractivity contribution in [2.75, 3.05) is 52.9 Å². The highest BCUT2D eigenvalue weighted by Gasteiger charge is 2.28. The first kappa shape index (κ1) is 18.8. The van der Waals surface area contributed by atoms with Gasteiger partial charge in [0.15, 0.2) is 0 Å². The predicted molar refractivity (Wildman–Crippen MR) is 98.5 cm³/mol. The van der Waals surface area contributed by atoms with Crippen LogP contribution in [0.25, 0.3) is 0 Å². The van der Waals surface area contributed by atoms with Crippen LogP contribution in [0.2, 0.25) is 0 Å². The summed E-state index contributed by atoms with van der Waals surface area (Å²) >= 11 is 0. The summed E-state index contributed by atoms with van der Waals surface area (Å²) in [5, 5.41) is 7.28. The van der Waals surface area contributed by atoms with Crippen LogP contribution < -0.4 is 5.32 Å². The summed E-state index contributed by atoms with van der Waals surface area (Å²) in [5.41, 5.74) is 0.880. The second-order valence-electron chi connectivity index (χ2n) is 7.21. The number of aromatic nitrogens is 2. The summed E-state index contributed by atoms with van der Waals surface area (Å²) in [5.74, 6) is 0.305. The van der Waals surface area contributed by atoms with Gasteiger partial charge in [0, 0.05) is 58.1 Å². The van der Waals surface area contributed by atoms with Crippen molar-refractivity contribution in [1.29, 1.82) is 0 Å². The van der Waals surface area contributed by atoms with E-state index in [9.17, 15) is 9.59 Å². The summed E-state index contributed by atoms with van der Waals surface area (Å²) in [6.45, 7) is 5.25. The Morgan fingerprint density at radius 3 is 2.46 bits per heavy atom. The lowest BCUT2D eigenvalue weighted by atomic mass is 10.1. The minimum atomic E-state index is -0.374. The van der Waals surface area contributed by atoms with Gasteiger partial charge in [-0.25, -0.2) is 0 Å². The van der Waals surface area contributed by atoms with Gasteiger partial charge < -0.3 is 15.1 Å². The van der Waals surface area contributed by atoms with E-state index in [4.69, 9.17) is 0 Å². The summed E-state index contributed by atoms with van der Waals surface area (Å²) in [6.07, 6.45) is 6.74. The van der Waals surface area contributed by atoms with Crippen molar-refractivity contribution in [3.05, 3.63) is 18.0 Å². The molecule has 0 aliphatic carbocycles. The van der Waals surface area contributed by atoms with E-state index < -0.39 is 0 Å². The van der Waals surface area contributed by atoms with Crippen LogP contribution in [-0.4, -0.2) is 89.2 Å². The van der Waals surface area contributed by atoms with Gasteiger partial charge in [-0.15, -0.1) is 0 Å². The molecule has 1 aromatic rings. The van der Waals surface area contributed by atoms with Crippen molar-refractivity contribution in [2.24, 2.45) is 7.05 Å². The number of likely N-dealkylation sites (N-methyl/N-ethyl adjacent to an activating group) is 1. The molecule has 3 rings (SSSR count). The summed E-state index contributed by atoms with van der Waals surface area (Å²) in [4.78, 5) is 31.4. The Bertz CT molecular complexity index is 625. The van der Waals surface area contributed by atoms with E-state index >= 15 is 0 Å². The molecule has 0 aromatic carbocycles. The summed E-state index contributed by atoms with van der Waals surface area (Å²) in [6, 6.07) is -0.374. The number of hydrogen-bond acceptors (Lipinski definition) is 5. The molecule has 1 N–H and O–H groups in total. The van der Waals surface area contributed by atoms with Crippen molar-refractivity contribution >= 4 is 11.8 Å². The number of hydrogen-bond donors (Lipinski definition) is 1. The summed E-state index contributed by atoms with van der Waals surface area (Å²) in [7, 11) is 3.65. The lowest BCUT2D eigenvalue weighted by molar-refractivity contribution is -0.133. The molecular weight excluding hydrogens is 332 g/mol. The van der Waals surface area contributed by atoms with Crippen LogP contribution in [0, 0.1) is 0 Å². The first-order valence-electron chi connectivity index (χ1n) is 9.53. The number of carbonyl (C=O) groups is 2. The second-order valence-corrected chi connectivity index (χ2v) is 7.21. The van der Waals surface area contributed by atoms with E-state index in [1.165, 1.54) is 0 Å². The Balaban J connectivity index is 1.55. The number of amides is 2. The van der Waals surface area contributed by atoms with E-state index in [2.05, 4.69) is 15.3 Å². The monoisotopic (exact) mass is 362 g/mol. The number of nitrogens with one attached hydrogen (secondary N) is 1. The van der Waals surface area contributed by atoms with E-state index in [-0.39, 0.29) is 17.9 Å². The van der Waals surface area contributed by atoms with Crippen LogP contribution in [-0.2, 0) is 16.6 Å². The molecule has 1 atom stereocenters. The lowest BCUT2D eigenvalue weighted by Crippen LogP contribution is -2.43. The van der Waals surface area contributed by atoms with Crippen molar-refractivity contribution in [3.8, 4) is 0 Å². The molecule has 0 bridgehead atoms. The SMILES string of the molecule is CNC(C(=O)N1CCCN(CC(=O)N2CCCC2)CC1)c1cnn(C)c1. The minimum Gasteiger partial charge on any atom is -0.342 e. The van der Waals surface area contributed by atoms with Crippen LogP contribution in [0.4, 0.5) is 0 Å². The van der Waals surface area contributed by atoms with Gasteiger partial charge in [-0.3, -0.25) is 19.2 Å². The zero-order valence-corrected chi connectivity index (χ0v) is 15.9. The maximum Gasteiger partial charge on any atom is 0.244 e. The van der Waals surface area contributed by atoms with Gasteiger partial charge in [-0.1, -0.05) is 0 Å². The Hall–Kier alpha value is -1.93. The molecule has 0 spiro atoms. The molecule has 3 heterocycles. The molecule has 0 radical (unpaired) electrons. The molecule has 2 aliphatic rings. The van der Waals surface area contributed by atoms with Gasteiger partial charge >= 0.3 is 0 Å². The average Bonchev–Trinajstić information content (AvgIpc) is 3.25. The third kappa shape index (κ3) is 4.42. The third-order valence-corrected chi connectivity index (χ3v) is 5.31. The van der Waals surface area contributed by atoms with Gasteiger partial charge in [0.25, 0.3) is 0 Å². The molecule has 8 nitrogen and oxygen atoms in total. The number of aryl methyl sites for hydroxylation is 1. The molecule has 26 heavy (non-hydrogen) atoms. The summed E-state index contributed by atoms with van der Waals surface area (Å²) < 4.78 is 1.71. The van der Waals surface area contributed by atoms with E-state index in [1.54, 1.807) is 17.9 Å². The van der Waals surface area contributed by atoms with Crippen LogP contribution in [0.3, 0.4) is 0 Å². The Morgan fingerprint density at radius 1 is 1.08 bits per heavy atom. The average molecular weight is 362 g/mol. The first-order valence-corrected chi connectivity index (χ1v) is 9.53. The molecule has 1 unspecified atom stereocenters. The quantitative estimate of drug-likeness (QED) is 0.788. The Morgan fingerprint density at radius 2 is 1.81 bits per heavy atom. The fraction of sp³-hybridized carbons (Fsp3) is 0.722. The molecule has 2 aliphatic heterocycles. The maximum atomic E-state index is 13.0. The first-order chi connectivity index (χ1) is 12.6. The molecule has 2 fully saturated rings. The molecule has 144 valence electrons. The highest BCUT2D eigenvalue weighted by Crippen LogP contribution is 2.16. The Labute approximate surface area is 155 Å². The van der Waals surface area contributed by atoms with Gasteiger partial charge in [0.05, 0.1) is 12.7 Å². The standard InChI is InChI=1S/C18H30N6O2/c1-19-17(15-12-20-21(2)13-15)18(26)24-9-5-6-22(10-11-24)14-16(25)23-7-3-4-8-23/h12-13,17,19H,3-11,14H2,1-2H3. The second kappa shape index (κ2) is 8.64. The van der Waals surface area contributed by atoms with Gasteiger partial charge in [-0.05, 0) is 26.3 Å². The van der Waals surface area contributed by atoms with E-state index in [0.717, 1.165) is 57.5 Å². The maximum absolute atomic E-state index is 13.0. The third-order valence-electron chi connectivity index (χ3n) is 5.31. The molecule has 8 heteroatoms. The van der Waals surface area contributed by atoms with Crippen LogP contribution >= 0.6 is 0 Å². The Kier molecular flexibility index (Phi) is 6.26. The van der Waals surface area contributed by atoms with Crippen molar-refractivity contribution in [3.63, 3.8) is 0 Å². The van der Waals surface area contributed by atoms with Crippen LogP contribution in [0.5, 0.6) is 0 Å². The highest BCUT2D eigenvalue weighted by atomic mass is 16.2.